The van der Waals surface area contributed by atoms with Crippen molar-refractivity contribution in [2.45, 2.75) is 58.9 Å². The number of rotatable bonds is 5. The van der Waals surface area contributed by atoms with Crippen LogP contribution in [-0.2, 0) is 6.42 Å². The fourth-order valence-electron chi connectivity index (χ4n) is 3.33. The van der Waals surface area contributed by atoms with E-state index in [1.54, 1.807) is 0 Å². The Morgan fingerprint density at radius 1 is 1.28 bits per heavy atom. The Labute approximate surface area is 111 Å². The molecule has 0 bridgehead atoms. The lowest BCUT2D eigenvalue weighted by Gasteiger charge is -2.32. The highest BCUT2D eigenvalue weighted by Gasteiger charge is 2.22. The van der Waals surface area contributed by atoms with Crippen molar-refractivity contribution >= 4 is 0 Å². The van der Waals surface area contributed by atoms with Crippen LogP contribution in [0.3, 0.4) is 0 Å². The molecule has 2 unspecified atom stereocenters. The molecule has 102 valence electrons. The lowest BCUT2D eigenvalue weighted by atomic mass is 9.80. The minimum Gasteiger partial charge on any atom is -0.314 e. The molecule has 0 aromatic carbocycles. The fraction of sp³-hybridized carbons (Fsp3) is 0.800. The number of nitrogens with zero attached hydrogens (tertiary/aromatic N) is 1. The molecular formula is C15H27N3. The summed E-state index contributed by atoms with van der Waals surface area (Å²) in [6, 6.07) is 0.745. The summed E-state index contributed by atoms with van der Waals surface area (Å²) in [4.78, 5) is 0. The van der Waals surface area contributed by atoms with Crippen LogP contribution in [-0.4, -0.2) is 22.8 Å². The van der Waals surface area contributed by atoms with Crippen molar-refractivity contribution in [1.82, 2.24) is 15.5 Å². The molecule has 1 aliphatic carbocycles. The van der Waals surface area contributed by atoms with Crippen molar-refractivity contribution < 1.29 is 0 Å². The maximum Gasteiger partial charge on any atom is 0.0522 e. The average molecular weight is 249 g/mol. The summed E-state index contributed by atoms with van der Waals surface area (Å²) in [5, 5.41) is 10.8. The largest absolute Gasteiger partial charge is 0.314 e. The molecule has 0 saturated heterocycles. The predicted octanol–water partition coefficient (Wildman–Crippen LogP) is 3.07. The Kier molecular flexibility index (Phi) is 4.81. The number of aromatic amines is 1. The summed E-state index contributed by atoms with van der Waals surface area (Å²) in [6.07, 6.45) is 8.42. The second-order valence-electron chi connectivity index (χ2n) is 6.19. The van der Waals surface area contributed by atoms with Crippen LogP contribution in [0.5, 0.6) is 0 Å². The average Bonchev–Trinajstić information content (AvgIpc) is 2.69. The van der Waals surface area contributed by atoms with E-state index in [1.165, 1.54) is 36.9 Å². The van der Waals surface area contributed by atoms with Crippen molar-refractivity contribution in [2.24, 2.45) is 11.8 Å². The van der Waals surface area contributed by atoms with Gasteiger partial charge in [0.2, 0.25) is 0 Å². The lowest BCUT2D eigenvalue weighted by Crippen LogP contribution is -2.36. The van der Waals surface area contributed by atoms with Gasteiger partial charge in [0.25, 0.3) is 0 Å². The smallest absolute Gasteiger partial charge is 0.0522 e. The highest BCUT2D eigenvalue weighted by Crippen LogP contribution is 2.28. The van der Waals surface area contributed by atoms with Gasteiger partial charge in [-0.3, -0.25) is 5.10 Å². The molecule has 0 aliphatic heterocycles. The Morgan fingerprint density at radius 3 is 2.61 bits per heavy atom. The molecule has 18 heavy (non-hydrogen) atoms. The van der Waals surface area contributed by atoms with E-state index >= 15 is 0 Å². The first-order valence-corrected chi connectivity index (χ1v) is 7.37. The minimum absolute atomic E-state index is 0.745. The zero-order chi connectivity index (χ0) is 13.0. The van der Waals surface area contributed by atoms with Gasteiger partial charge in [0, 0.05) is 11.7 Å². The van der Waals surface area contributed by atoms with Gasteiger partial charge in [-0.05, 0) is 63.0 Å². The molecule has 2 N–H and O–H groups in total. The molecule has 2 rings (SSSR count). The molecule has 3 heteroatoms. The van der Waals surface area contributed by atoms with Gasteiger partial charge in [-0.25, -0.2) is 0 Å². The van der Waals surface area contributed by atoms with Gasteiger partial charge in [-0.1, -0.05) is 13.8 Å². The third kappa shape index (κ3) is 3.84. The number of aryl methyl sites for hydroxylation is 2. The van der Waals surface area contributed by atoms with Crippen molar-refractivity contribution in [3.8, 4) is 0 Å². The molecule has 1 aromatic rings. The Hall–Kier alpha value is -0.830. The zero-order valence-electron chi connectivity index (χ0n) is 12.0. The predicted molar refractivity (Wildman–Crippen MR) is 75.6 cm³/mol. The van der Waals surface area contributed by atoms with Gasteiger partial charge < -0.3 is 5.32 Å². The summed E-state index contributed by atoms with van der Waals surface area (Å²) in [5.74, 6) is 1.78. The number of H-pyrrole nitrogens is 1. The van der Waals surface area contributed by atoms with Crippen LogP contribution in [0.2, 0.25) is 0 Å². The van der Waals surface area contributed by atoms with Crippen LogP contribution >= 0.6 is 0 Å². The Bertz CT molecular complexity index is 348. The highest BCUT2D eigenvalue weighted by atomic mass is 15.1. The van der Waals surface area contributed by atoms with E-state index in [-0.39, 0.29) is 0 Å². The third-order valence-electron chi connectivity index (χ3n) is 4.17. The standard InChI is InChI=1S/C15H27N3/c1-11-7-12(2)9-15(8-11)16-6-4-5-14-10-17-18-13(14)3/h10-12,15-16H,4-9H2,1-3H3,(H,17,18). The fourth-order valence-corrected chi connectivity index (χ4v) is 3.33. The SMILES string of the molecule is Cc1[nH]ncc1CCCNC1CC(C)CC(C)C1. The topological polar surface area (TPSA) is 40.7 Å². The summed E-state index contributed by atoms with van der Waals surface area (Å²) >= 11 is 0. The molecule has 2 atom stereocenters. The Morgan fingerprint density at radius 2 is 2.00 bits per heavy atom. The van der Waals surface area contributed by atoms with Gasteiger partial charge in [-0.2, -0.15) is 5.10 Å². The number of hydrogen-bond donors (Lipinski definition) is 2. The Balaban J connectivity index is 1.65. The van der Waals surface area contributed by atoms with Crippen LogP contribution in [0.4, 0.5) is 0 Å². The van der Waals surface area contributed by atoms with Crippen LogP contribution < -0.4 is 5.32 Å². The molecule has 0 amide bonds. The summed E-state index contributed by atoms with van der Waals surface area (Å²) in [5.41, 5.74) is 2.58. The lowest BCUT2D eigenvalue weighted by molar-refractivity contribution is 0.239. The summed E-state index contributed by atoms with van der Waals surface area (Å²) in [7, 11) is 0. The zero-order valence-corrected chi connectivity index (χ0v) is 12.0. The quantitative estimate of drug-likeness (QED) is 0.787. The molecule has 1 aromatic heterocycles. The van der Waals surface area contributed by atoms with Crippen LogP contribution in [0.15, 0.2) is 6.20 Å². The number of nitrogens with one attached hydrogen (secondary N) is 2. The number of aromatic nitrogens is 2. The number of hydrogen-bond acceptors (Lipinski definition) is 2. The molecule has 0 radical (unpaired) electrons. The van der Waals surface area contributed by atoms with Gasteiger partial charge in [0.05, 0.1) is 6.20 Å². The van der Waals surface area contributed by atoms with Crippen molar-refractivity contribution in [2.75, 3.05) is 6.54 Å². The molecule has 0 spiro atoms. The van der Waals surface area contributed by atoms with Crippen LogP contribution in [0, 0.1) is 18.8 Å². The van der Waals surface area contributed by atoms with Crippen molar-refractivity contribution in [3.05, 3.63) is 17.5 Å². The van der Waals surface area contributed by atoms with E-state index in [9.17, 15) is 0 Å². The van der Waals surface area contributed by atoms with Crippen molar-refractivity contribution in [3.63, 3.8) is 0 Å². The third-order valence-corrected chi connectivity index (χ3v) is 4.17. The van der Waals surface area contributed by atoms with Gasteiger partial charge >= 0.3 is 0 Å². The molecule has 1 fully saturated rings. The normalized spacial score (nSPS) is 28.5. The molecular weight excluding hydrogens is 222 g/mol. The van der Waals surface area contributed by atoms with E-state index in [2.05, 4.69) is 36.3 Å². The molecule has 1 aliphatic rings. The minimum atomic E-state index is 0.745. The van der Waals surface area contributed by atoms with E-state index in [1.807, 2.05) is 6.20 Å². The first-order valence-electron chi connectivity index (χ1n) is 7.37. The highest BCUT2D eigenvalue weighted by molar-refractivity contribution is 5.14. The second kappa shape index (κ2) is 6.37. The molecule has 1 saturated carbocycles. The van der Waals surface area contributed by atoms with E-state index in [0.29, 0.717) is 0 Å². The first kappa shape index (κ1) is 13.6. The molecule has 3 nitrogen and oxygen atoms in total. The van der Waals surface area contributed by atoms with Crippen molar-refractivity contribution in [1.29, 1.82) is 0 Å². The molecule has 1 heterocycles. The summed E-state index contributed by atoms with van der Waals surface area (Å²) in [6.45, 7) is 8.01. The van der Waals surface area contributed by atoms with E-state index < -0.39 is 0 Å². The second-order valence-corrected chi connectivity index (χ2v) is 6.19. The monoisotopic (exact) mass is 249 g/mol. The maximum atomic E-state index is 4.06. The van der Waals surface area contributed by atoms with Gasteiger partial charge in [-0.15, -0.1) is 0 Å². The van der Waals surface area contributed by atoms with Crippen LogP contribution in [0.25, 0.3) is 0 Å². The van der Waals surface area contributed by atoms with Gasteiger partial charge in [0.1, 0.15) is 0 Å². The van der Waals surface area contributed by atoms with Crippen LogP contribution in [0.1, 0.15) is 50.8 Å². The summed E-state index contributed by atoms with van der Waals surface area (Å²) < 4.78 is 0. The van der Waals surface area contributed by atoms with Gasteiger partial charge in [0.15, 0.2) is 0 Å². The first-order chi connectivity index (χ1) is 8.65. The van der Waals surface area contributed by atoms with E-state index in [0.717, 1.165) is 30.8 Å². The van der Waals surface area contributed by atoms with E-state index in [4.69, 9.17) is 0 Å². The maximum absolute atomic E-state index is 4.06.